The van der Waals surface area contributed by atoms with E-state index in [-0.39, 0.29) is 5.91 Å². The van der Waals surface area contributed by atoms with Crippen LogP contribution in [-0.2, 0) is 5.88 Å². The third-order valence-corrected chi connectivity index (χ3v) is 4.11. The molecule has 1 N–H and O–H groups in total. The highest BCUT2D eigenvalue weighted by atomic mass is 35.5. The Balaban J connectivity index is 1.97. The van der Waals surface area contributed by atoms with Gasteiger partial charge in [0.2, 0.25) is 0 Å². The molecule has 1 aliphatic heterocycles. The highest BCUT2D eigenvalue weighted by Crippen LogP contribution is 2.17. The molecule has 1 fully saturated rings. The van der Waals surface area contributed by atoms with Gasteiger partial charge in [0.1, 0.15) is 0 Å². The maximum atomic E-state index is 11.8. The van der Waals surface area contributed by atoms with E-state index in [0.29, 0.717) is 17.5 Å². The zero-order valence-electron chi connectivity index (χ0n) is 8.91. The Morgan fingerprint density at radius 1 is 1.44 bits per heavy atom. The lowest BCUT2D eigenvalue weighted by Gasteiger charge is -2.11. The predicted molar refractivity (Wildman–Crippen MR) is 69.2 cm³/mol. The van der Waals surface area contributed by atoms with Gasteiger partial charge in [-0.05, 0) is 29.9 Å². The molecule has 1 aliphatic rings. The van der Waals surface area contributed by atoms with Gasteiger partial charge in [0.25, 0.3) is 5.91 Å². The van der Waals surface area contributed by atoms with Gasteiger partial charge in [-0.1, -0.05) is 12.1 Å². The maximum absolute atomic E-state index is 11.8. The van der Waals surface area contributed by atoms with E-state index in [4.69, 9.17) is 11.6 Å². The summed E-state index contributed by atoms with van der Waals surface area (Å²) < 4.78 is 0. The molecule has 0 saturated carbocycles. The van der Waals surface area contributed by atoms with Crippen molar-refractivity contribution in [3.8, 4) is 0 Å². The standard InChI is InChI=1S/C12H14ClNOS/c13-7-9-1-3-10(4-2-9)12(15)14-11-5-6-16-8-11/h1-4,11H,5-8H2,(H,14,15). The Morgan fingerprint density at radius 3 is 2.75 bits per heavy atom. The van der Waals surface area contributed by atoms with Gasteiger partial charge in [0.05, 0.1) is 0 Å². The van der Waals surface area contributed by atoms with E-state index in [9.17, 15) is 4.79 Å². The van der Waals surface area contributed by atoms with E-state index in [1.54, 1.807) is 0 Å². The summed E-state index contributed by atoms with van der Waals surface area (Å²) >= 11 is 7.59. The minimum atomic E-state index is 0.0219. The van der Waals surface area contributed by atoms with Crippen molar-refractivity contribution in [2.75, 3.05) is 11.5 Å². The second-order valence-electron chi connectivity index (χ2n) is 3.86. The van der Waals surface area contributed by atoms with Crippen LogP contribution in [0.4, 0.5) is 0 Å². The monoisotopic (exact) mass is 255 g/mol. The summed E-state index contributed by atoms with van der Waals surface area (Å²) in [6.07, 6.45) is 1.08. The van der Waals surface area contributed by atoms with Crippen molar-refractivity contribution in [1.29, 1.82) is 0 Å². The fraction of sp³-hybridized carbons (Fsp3) is 0.417. The van der Waals surface area contributed by atoms with Gasteiger partial charge in [-0.2, -0.15) is 11.8 Å². The van der Waals surface area contributed by atoms with Crippen molar-refractivity contribution in [3.05, 3.63) is 35.4 Å². The molecule has 4 heteroatoms. The van der Waals surface area contributed by atoms with E-state index >= 15 is 0 Å². The highest BCUT2D eigenvalue weighted by Gasteiger charge is 2.18. The maximum Gasteiger partial charge on any atom is 0.251 e. The Bertz CT molecular complexity index is 360. The first-order chi connectivity index (χ1) is 7.79. The number of benzene rings is 1. The Hall–Kier alpha value is -0.670. The Kier molecular flexibility index (Phi) is 4.13. The van der Waals surface area contributed by atoms with Gasteiger partial charge >= 0.3 is 0 Å². The summed E-state index contributed by atoms with van der Waals surface area (Å²) in [6.45, 7) is 0. The topological polar surface area (TPSA) is 29.1 Å². The first-order valence-corrected chi connectivity index (χ1v) is 7.02. The summed E-state index contributed by atoms with van der Waals surface area (Å²) in [6, 6.07) is 7.78. The van der Waals surface area contributed by atoms with Crippen LogP contribution < -0.4 is 5.32 Å². The van der Waals surface area contributed by atoms with E-state index < -0.39 is 0 Å². The molecule has 0 radical (unpaired) electrons. The number of hydrogen-bond acceptors (Lipinski definition) is 2. The Labute approximate surface area is 105 Å². The number of halogens is 1. The second kappa shape index (κ2) is 5.60. The van der Waals surface area contributed by atoms with Crippen molar-refractivity contribution in [3.63, 3.8) is 0 Å². The van der Waals surface area contributed by atoms with Gasteiger partial charge < -0.3 is 5.32 Å². The first kappa shape index (κ1) is 11.8. The van der Waals surface area contributed by atoms with Crippen LogP contribution >= 0.6 is 23.4 Å². The Morgan fingerprint density at radius 2 is 2.19 bits per heavy atom. The lowest BCUT2D eigenvalue weighted by molar-refractivity contribution is 0.0941. The number of alkyl halides is 1. The van der Waals surface area contributed by atoms with E-state index in [2.05, 4.69) is 5.32 Å². The predicted octanol–water partition coefficient (Wildman–Crippen LogP) is 2.66. The summed E-state index contributed by atoms with van der Waals surface area (Å²) in [7, 11) is 0. The summed E-state index contributed by atoms with van der Waals surface area (Å²) in [4.78, 5) is 11.8. The van der Waals surface area contributed by atoms with Crippen molar-refractivity contribution >= 4 is 29.3 Å². The average molecular weight is 256 g/mol. The zero-order chi connectivity index (χ0) is 11.4. The number of thioether (sulfide) groups is 1. The van der Waals surface area contributed by atoms with E-state index in [0.717, 1.165) is 23.5 Å². The minimum Gasteiger partial charge on any atom is -0.348 e. The quantitative estimate of drug-likeness (QED) is 0.842. The largest absolute Gasteiger partial charge is 0.348 e. The molecule has 0 aromatic heterocycles. The van der Waals surface area contributed by atoms with Crippen LogP contribution in [0.15, 0.2) is 24.3 Å². The fourth-order valence-corrected chi connectivity index (χ4v) is 2.99. The van der Waals surface area contributed by atoms with Crippen LogP contribution in [0.2, 0.25) is 0 Å². The molecule has 1 aromatic rings. The number of rotatable bonds is 3. The van der Waals surface area contributed by atoms with Crippen LogP contribution in [0.1, 0.15) is 22.3 Å². The molecule has 0 aliphatic carbocycles. The van der Waals surface area contributed by atoms with Gasteiger partial charge in [-0.15, -0.1) is 11.6 Å². The first-order valence-electron chi connectivity index (χ1n) is 5.33. The third-order valence-electron chi connectivity index (χ3n) is 2.64. The summed E-state index contributed by atoms with van der Waals surface area (Å²) in [5, 5.41) is 3.04. The number of nitrogens with one attached hydrogen (secondary N) is 1. The van der Waals surface area contributed by atoms with Crippen molar-refractivity contribution < 1.29 is 4.79 Å². The van der Waals surface area contributed by atoms with Crippen LogP contribution in [0.5, 0.6) is 0 Å². The molecular formula is C12H14ClNOS. The molecule has 1 atom stereocenters. The summed E-state index contributed by atoms with van der Waals surface area (Å²) in [5.41, 5.74) is 1.75. The molecule has 1 saturated heterocycles. The van der Waals surface area contributed by atoms with Crippen LogP contribution in [0.25, 0.3) is 0 Å². The molecule has 1 unspecified atom stereocenters. The molecule has 1 amide bonds. The van der Waals surface area contributed by atoms with E-state index in [1.807, 2.05) is 36.0 Å². The SMILES string of the molecule is O=C(NC1CCSC1)c1ccc(CCl)cc1. The third kappa shape index (κ3) is 2.92. The molecule has 86 valence electrons. The molecule has 2 nitrogen and oxygen atoms in total. The molecule has 16 heavy (non-hydrogen) atoms. The number of amides is 1. The molecule has 0 spiro atoms. The smallest absolute Gasteiger partial charge is 0.251 e. The molecule has 0 bridgehead atoms. The normalized spacial score (nSPS) is 19.7. The van der Waals surface area contributed by atoms with Crippen LogP contribution in [0.3, 0.4) is 0 Å². The summed E-state index contributed by atoms with van der Waals surface area (Å²) in [5.74, 6) is 2.69. The van der Waals surface area contributed by atoms with E-state index in [1.165, 1.54) is 0 Å². The lowest BCUT2D eigenvalue weighted by atomic mass is 10.1. The molecule has 2 rings (SSSR count). The molecule has 1 heterocycles. The molecule has 1 aromatic carbocycles. The molecular weight excluding hydrogens is 242 g/mol. The van der Waals surface area contributed by atoms with Crippen LogP contribution in [0, 0.1) is 0 Å². The van der Waals surface area contributed by atoms with Crippen molar-refractivity contribution in [2.24, 2.45) is 0 Å². The minimum absolute atomic E-state index is 0.0219. The zero-order valence-corrected chi connectivity index (χ0v) is 10.5. The number of carbonyl (C=O) groups excluding carboxylic acids is 1. The van der Waals surface area contributed by atoms with Crippen molar-refractivity contribution in [1.82, 2.24) is 5.32 Å². The lowest BCUT2D eigenvalue weighted by Crippen LogP contribution is -2.34. The number of carbonyl (C=O) groups is 1. The van der Waals surface area contributed by atoms with Gasteiger partial charge in [0, 0.05) is 23.2 Å². The average Bonchev–Trinajstić information content (AvgIpc) is 2.82. The second-order valence-corrected chi connectivity index (χ2v) is 5.28. The van der Waals surface area contributed by atoms with Gasteiger partial charge in [-0.25, -0.2) is 0 Å². The number of hydrogen-bond donors (Lipinski definition) is 1. The fourth-order valence-electron chi connectivity index (χ4n) is 1.66. The van der Waals surface area contributed by atoms with Gasteiger partial charge in [0.15, 0.2) is 0 Å². The highest BCUT2D eigenvalue weighted by molar-refractivity contribution is 7.99. The van der Waals surface area contributed by atoms with Crippen molar-refractivity contribution in [2.45, 2.75) is 18.3 Å². The van der Waals surface area contributed by atoms with Gasteiger partial charge in [-0.3, -0.25) is 4.79 Å². The van der Waals surface area contributed by atoms with Crippen LogP contribution in [-0.4, -0.2) is 23.5 Å².